The lowest BCUT2D eigenvalue weighted by Crippen LogP contribution is -2.24. The van der Waals surface area contributed by atoms with Crippen molar-refractivity contribution in [3.05, 3.63) is 29.8 Å². The number of para-hydroxylation sites is 1. The average Bonchev–Trinajstić information content (AvgIpc) is 2.97. The lowest BCUT2D eigenvalue weighted by molar-refractivity contribution is 0.0601. The molecule has 0 bridgehead atoms. The van der Waals surface area contributed by atoms with E-state index in [-0.39, 0.29) is 5.97 Å². The summed E-state index contributed by atoms with van der Waals surface area (Å²) in [6.45, 7) is 3.21. The Labute approximate surface area is 114 Å². The molecule has 0 amide bonds. The van der Waals surface area contributed by atoms with Gasteiger partial charge in [-0.05, 0) is 44.0 Å². The number of ether oxygens (including phenoxy) is 1. The molecule has 1 aliphatic heterocycles. The van der Waals surface area contributed by atoms with Crippen LogP contribution in [-0.4, -0.2) is 39.8 Å². The monoisotopic (exact) mass is 262 g/mol. The summed E-state index contributed by atoms with van der Waals surface area (Å²) in [5, 5.41) is 3.38. The van der Waals surface area contributed by atoms with E-state index in [0.717, 1.165) is 37.7 Å². The maximum Gasteiger partial charge on any atom is 0.339 e. The fraction of sp³-hybridized carbons (Fsp3) is 0.533. The Morgan fingerprint density at radius 1 is 1.47 bits per heavy atom. The minimum atomic E-state index is -0.273. The minimum Gasteiger partial charge on any atom is -0.465 e. The van der Waals surface area contributed by atoms with Crippen molar-refractivity contribution in [1.29, 1.82) is 0 Å². The van der Waals surface area contributed by atoms with Gasteiger partial charge in [0.2, 0.25) is 0 Å². The van der Waals surface area contributed by atoms with Crippen LogP contribution in [0.2, 0.25) is 0 Å². The molecule has 1 N–H and O–H groups in total. The van der Waals surface area contributed by atoms with Crippen LogP contribution in [0.4, 0.5) is 5.69 Å². The van der Waals surface area contributed by atoms with Crippen LogP contribution in [0.15, 0.2) is 24.3 Å². The Kier molecular flexibility index (Phi) is 4.80. The van der Waals surface area contributed by atoms with Gasteiger partial charge >= 0.3 is 5.97 Å². The number of methoxy groups -OCH3 is 1. The molecule has 4 nitrogen and oxygen atoms in total. The van der Waals surface area contributed by atoms with E-state index in [0.29, 0.717) is 5.56 Å². The first-order valence-corrected chi connectivity index (χ1v) is 6.81. The first-order valence-electron chi connectivity index (χ1n) is 6.81. The largest absolute Gasteiger partial charge is 0.465 e. The van der Waals surface area contributed by atoms with E-state index >= 15 is 0 Å². The fourth-order valence-electron chi connectivity index (χ4n) is 2.55. The highest BCUT2D eigenvalue weighted by Crippen LogP contribution is 2.21. The van der Waals surface area contributed by atoms with Crippen LogP contribution in [0.1, 0.15) is 23.2 Å². The van der Waals surface area contributed by atoms with Gasteiger partial charge in [0.25, 0.3) is 0 Å². The molecule has 0 radical (unpaired) electrons. The fourth-order valence-corrected chi connectivity index (χ4v) is 2.55. The second kappa shape index (κ2) is 6.57. The highest BCUT2D eigenvalue weighted by molar-refractivity contribution is 5.95. The number of nitrogens with zero attached hydrogens (tertiary/aromatic N) is 1. The van der Waals surface area contributed by atoms with E-state index in [1.54, 1.807) is 0 Å². The van der Waals surface area contributed by atoms with Gasteiger partial charge in [-0.15, -0.1) is 0 Å². The van der Waals surface area contributed by atoms with Crippen molar-refractivity contribution in [2.45, 2.75) is 12.8 Å². The molecule has 0 spiro atoms. The smallest absolute Gasteiger partial charge is 0.339 e. The van der Waals surface area contributed by atoms with Crippen molar-refractivity contribution in [2.75, 3.05) is 38.7 Å². The van der Waals surface area contributed by atoms with Crippen molar-refractivity contribution in [3.8, 4) is 0 Å². The van der Waals surface area contributed by atoms with Gasteiger partial charge in [-0.25, -0.2) is 4.79 Å². The maximum absolute atomic E-state index is 11.7. The zero-order valence-corrected chi connectivity index (χ0v) is 11.7. The third-order valence-corrected chi connectivity index (χ3v) is 3.76. The van der Waals surface area contributed by atoms with Crippen LogP contribution in [0.5, 0.6) is 0 Å². The zero-order valence-electron chi connectivity index (χ0n) is 11.7. The van der Waals surface area contributed by atoms with Crippen LogP contribution in [-0.2, 0) is 4.74 Å². The van der Waals surface area contributed by atoms with Crippen LogP contribution >= 0.6 is 0 Å². The summed E-state index contributed by atoms with van der Waals surface area (Å²) in [7, 11) is 3.45. The zero-order chi connectivity index (χ0) is 13.7. The van der Waals surface area contributed by atoms with E-state index in [1.807, 2.05) is 31.3 Å². The molecule has 0 saturated carbocycles. The number of anilines is 1. The summed E-state index contributed by atoms with van der Waals surface area (Å²) in [6.07, 6.45) is 2.41. The summed E-state index contributed by atoms with van der Waals surface area (Å²) in [5.41, 5.74) is 1.58. The molecular formula is C15H22N2O2. The Hall–Kier alpha value is -1.55. The van der Waals surface area contributed by atoms with Gasteiger partial charge in [0, 0.05) is 13.6 Å². The molecule has 4 heteroatoms. The molecule has 19 heavy (non-hydrogen) atoms. The van der Waals surface area contributed by atoms with Gasteiger partial charge < -0.3 is 15.0 Å². The molecule has 104 valence electrons. The van der Waals surface area contributed by atoms with E-state index in [1.165, 1.54) is 13.5 Å². The predicted octanol–water partition coefficient (Wildman–Crippen LogP) is 1.91. The van der Waals surface area contributed by atoms with E-state index in [2.05, 4.69) is 10.2 Å². The number of hydrogen-bond donors (Lipinski definition) is 1. The minimum absolute atomic E-state index is 0.273. The van der Waals surface area contributed by atoms with E-state index in [9.17, 15) is 4.79 Å². The summed E-state index contributed by atoms with van der Waals surface area (Å²) in [6, 6.07) is 7.60. The van der Waals surface area contributed by atoms with Gasteiger partial charge in [0.05, 0.1) is 18.4 Å². The summed E-state index contributed by atoms with van der Waals surface area (Å²) >= 11 is 0. The Morgan fingerprint density at radius 2 is 2.26 bits per heavy atom. The number of benzene rings is 1. The van der Waals surface area contributed by atoms with Gasteiger partial charge in [0.15, 0.2) is 0 Å². The van der Waals surface area contributed by atoms with Gasteiger partial charge in [0.1, 0.15) is 0 Å². The lowest BCUT2D eigenvalue weighted by Gasteiger charge is -2.23. The van der Waals surface area contributed by atoms with Crippen LogP contribution in [0.25, 0.3) is 0 Å². The number of nitrogens with one attached hydrogen (secondary N) is 1. The Balaban J connectivity index is 2.01. The molecule has 1 heterocycles. The summed E-state index contributed by atoms with van der Waals surface area (Å²) in [5.74, 6) is 0.484. The Bertz CT molecular complexity index is 428. The standard InChI is InChI=1S/C15H22N2O2/c1-17(10-8-12-7-9-16-11-12)14-6-4-3-5-13(14)15(18)19-2/h3-6,12,16H,7-11H2,1-2H3. The summed E-state index contributed by atoms with van der Waals surface area (Å²) in [4.78, 5) is 13.9. The number of carbonyl (C=O) groups excluding carboxylic acids is 1. The molecule has 1 atom stereocenters. The number of hydrogen-bond acceptors (Lipinski definition) is 4. The molecule has 0 aliphatic carbocycles. The van der Waals surface area contributed by atoms with Gasteiger partial charge in [-0.3, -0.25) is 0 Å². The first-order chi connectivity index (χ1) is 9.22. The normalized spacial score (nSPS) is 18.3. The molecule has 1 aromatic rings. The van der Waals surface area contributed by atoms with E-state index < -0.39 is 0 Å². The van der Waals surface area contributed by atoms with Gasteiger partial charge in [-0.1, -0.05) is 12.1 Å². The van der Waals surface area contributed by atoms with Crippen molar-refractivity contribution in [2.24, 2.45) is 5.92 Å². The number of rotatable bonds is 5. The third-order valence-electron chi connectivity index (χ3n) is 3.76. The van der Waals surface area contributed by atoms with Crippen molar-refractivity contribution in [3.63, 3.8) is 0 Å². The first kappa shape index (κ1) is 13.9. The molecule has 1 aromatic carbocycles. The third kappa shape index (κ3) is 3.47. The molecule has 1 fully saturated rings. The quantitative estimate of drug-likeness (QED) is 0.823. The Morgan fingerprint density at radius 3 is 2.95 bits per heavy atom. The molecule has 1 aliphatic rings. The van der Waals surface area contributed by atoms with Gasteiger partial charge in [-0.2, -0.15) is 0 Å². The highest BCUT2D eigenvalue weighted by Gasteiger charge is 2.17. The second-order valence-electron chi connectivity index (χ2n) is 5.08. The van der Waals surface area contributed by atoms with Crippen molar-refractivity contribution < 1.29 is 9.53 Å². The van der Waals surface area contributed by atoms with E-state index in [4.69, 9.17) is 4.74 Å². The molecule has 1 unspecified atom stereocenters. The van der Waals surface area contributed by atoms with Crippen LogP contribution in [0, 0.1) is 5.92 Å². The predicted molar refractivity (Wildman–Crippen MR) is 76.6 cm³/mol. The van der Waals surface area contributed by atoms with Crippen molar-refractivity contribution >= 4 is 11.7 Å². The topological polar surface area (TPSA) is 41.6 Å². The van der Waals surface area contributed by atoms with Crippen molar-refractivity contribution in [1.82, 2.24) is 5.32 Å². The summed E-state index contributed by atoms with van der Waals surface area (Å²) < 4.78 is 4.83. The van der Waals surface area contributed by atoms with Crippen LogP contribution in [0.3, 0.4) is 0 Å². The second-order valence-corrected chi connectivity index (χ2v) is 5.08. The number of carbonyl (C=O) groups is 1. The van der Waals surface area contributed by atoms with Crippen LogP contribution < -0.4 is 10.2 Å². The molecule has 1 saturated heterocycles. The highest BCUT2D eigenvalue weighted by atomic mass is 16.5. The molecule has 0 aromatic heterocycles. The molecular weight excluding hydrogens is 240 g/mol. The lowest BCUT2D eigenvalue weighted by atomic mass is 10.0. The molecule has 2 rings (SSSR count). The average molecular weight is 262 g/mol. The number of esters is 1. The maximum atomic E-state index is 11.7. The SMILES string of the molecule is COC(=O)c1ccccc1N(C)CCC1CCNC1.